The first kappa shape index (κ1) is 14.3. The molecule has 2 aromatic carbocycles. The number of rotatable bonds is 2. The SMILES string of the molecule is CCc1cc(Br)ccc1N=C1C(=O)Nc2c(Cl)cccc21. The fourth-order valence-electron chi connectivity index (χ4n) is 2.32. The third-order valence-corrected chi connectivity index (χ3v) is 4.19. The lowest BCUT2D eigenvalue weighted by atomic mass is 10.1. The van der Waals surface area contributed by atoms with E-state index in [1.807, 2.05) is 30.3 Å². The van der Waals surface area contributed by atoms with E-state index in [1.165, 1.54) is 0 Å². The van der Waals surface area contributed by atoms with Gasteiger partial charge < -0.3 is 5.32 Å². The maximum Gasteiger partial charge on any atom is 0.275 e. The summed E-state index contributed by atoms with van der Waals surface area (Å²) >= 11 is 9.56. The Morgan fingerprint density at radius 3 is 2.86 bits per heavy atom. The predicted octanol–water partition coefficient (Wildman–Crippen LogP) is 4.74. The summed E-state index contributed by atoms with van der Waals surface area (Å²) in [5, 5.41) is 3.30. The van der Waals surface area contributed by atoms with Crippen LogP contribution in [0.15, 0.2) is 45.9 Å². The second-order valence-corrected chi connectivity index (χ2v) is 6.03. The van der Waals surface area contributed by atoms with Gasteiger partial charge >= 0.3 is 0 Å². The largest absolute Gasteiger partial charge is 0.319 e. The lowest BCUT2D eigenvalue weighted by Crippen LogP contribution is -2.14. The van der Waals surface area contributed by atoms with Gasteiger partial charge in [0.15, 0.2) is 0 Å². The maximum absolute atomic E-state index is 12.1. The molecule has 3 nitrogen and oxygen atoms in total. The zero-order chi connectivity index (χ0) is 15.0. The number of nitrogens with zero attached hydrogens (tertiary/aromatic N) is 1. The van der Waals surface area contributed by atoms with Gasteiger partial charge in [-0.15, -0.1) is 0 Å². The lowest BCUT2D eigenvalue weighted by Gasteiger charge is -2.05. The van der Waals surface area contributed by atoms with Gasteiger partial charge in [-0.2, -0.15) is 0 Å². The Bertz CT molecular complexity index is 771. The summed E-state index contributed by atoms with van der Waals surface area (Å²) in [4.78, 5) is 16.7. The molecule has 2 aromatic rings. The van der Waals surface area contributed by atoms with Gasteiger partial charge in [-0.1, -0.05) is 46.6 Å². The molecule has 0 bridgehead atoms. The molecule has 1 amide bonds. The highest BCUT2D eigenvalue weighted by molar-refractivity contribution is 9.10. The van der Waals surface area contributed by atoms with Crippen LogP contribution in [0.3, 0.4) is 0 Å². The molecular formula is C16H12BrClN2O. The third kappa shape index (κ3) is 2.61. The Balaban J connectivity index is 2.14. The van der Waals surface area contributed by atoms with Crippen LogP contribution in [0.25, 0.3) is 0 Å². The Morgan fingerprint density at radius 2 is 2.10 bits per heavy atom. The highest BCUT2D eigenvalue weighted by Gasteiger charge is 2.27. The lowest BCUT2D eigenvalue weighted by molar-refractivity contribution is -0.110. The minimum atomic E-state index is -0.219. The number of hydrogen-bond donors (Lipinski definition) is 1. The minimum Gasteiger partial charge on any atom is -0.319 e. The molecule has 3 rings (SSSR count). The van der Waals surface area contributed by atoms with Gasteiger partial charge in [-0.05, 0) is 36.2 Å². The van der Waals surface area contributed by atoms with Crippen molar-refractivity contribution in [1.82, 2.24) is 0 Å². The average molecular weight is 364 g/mol. The van der Waals surface area contributed by atoms with Crippen LogP contribution in [-0.2, 0) is 11.2 Å². The number of anilines is 1. The maximum atomic E-state index is 12.1. The predicted molar refractivity (Wildman–Crippen MR) is 89.8 cm³/mol. The number of carbonyl (C=O) groups excluding carboxylic acids is 1. The van der Waals surface area contributed by atoms with Crippen LogP contribution in [0.4, 0.5) is 11.4 Å². The van der Waals surface area contributed by atoms with E-state index in [2.05, 4.69) is 33.2 Å². The highest BCUT2D eigenvalue weighted by Crippen LogP contribution is 2.33. The van der Waals surface area contributed by atoms with Crippen molar-refractivity contribution in [3.05, 3.63) is 57.0 Å². The van der Waals surface area contributed by atoms with Crippen LogP contribution in [0.2, 0.25) is 5.02 Å². The smallest absolute Gasteiger partial charge is 0.275 e. The number of amides is 1. The van der Waals surface area contributed by atoms with Crippen molar-refractivity contribution < 1.29 is 4.79 Å². The number of halogens is 2. The summed E-state index contributed by atoms with van der Waals surface area (Å²) in [7, 11) is 0. The highest BCUT2D eigenvalue weighted by atomic mass is 79.9. The van der Waals surface area contributed by atoms with Crippen LogP contribution in [-0.4, -0.2) is 11.6 Å². The molecule has 0 saturated heterocycles. The van der Waals surface area contributed by atoms with E-state index in [0.717, 1.165) is 27.7 Å². The summed E-state index contributed by atoms with van der Waals surface area (Å²) in [6.07, 6.45) is 0.843. The minimum absolute atomic E-state index is 0.219. The Labute approximate surface area is 136 Å². The molecule has 21 heavy (non-hydrogen) atoms. The van der Waals surface area contributed by atoms with Crippen molar-refractivity contribution in [2.24, 2.45) is 4.99 Å². The van der Waals surface area contributed by atoms with Crippen LogP contribution in [0.5, 0.6) is 0 Å². The van der Waals surface area contributed by atoms with Crippen molar-refractivity contribution >= 4 is 50.5 Å². The van der Waals surface area contributed by atoms with Crippen molar-refractivity contribution in [3.8, 4) is 0 Å². The molecule has 0 radical (unpaired) electrons. The summed E-state index contributed by atoms with van der Waals surface area (Å²) in [6.45, 7) is 2.06. The molecule has 0 aliphatic carbocycles. The number of aliphatic imine (C=N–C) groups is 1. The monoisotopic (exact) mass is 362 g/mol. The van der Waals surface area contributed by atoms with Gasteiger partial charge in [0, 0.05) is 10.0 Å². The zero-order valence-corrected chi connectivity index (χ0v) is 13.6. The zero-order valence-electron chi connectivity index (χ0n) is 11.3. The molecule has 0 spiro atoms. The molecular weight excluding hydrogens is 352 g/mol. The first-order valence-electron chi connectivity index (χ1n) is 6.57. The molecule has 5 heteroatoms. The normalized spacial score (nSPS) is 15.2. The first-order valence-corrected chi connectivity index (χ1v) is 7.74. The van der Waals surface area contributed by atoms with E-state index in [0.29, 0.717) is 16.4 Å². The molecule has 0 saturated carbocycles. The number of benzene rings is 2. The second kappa shape index (κ2) is 5.62. The first-order chi connectivity index (χ1) is 10.1. The molecule has 0 fully saturated rings. The van der Waals surface area contributed by atoms with Crippen molar-refractivity contribution in [2.45, 2.75) is 13.3 Å². The average Bonchev–Trinajstić information content (AvgIpc) is 2.79. The van der Waals surface area contributed by atoms with E-state index in [4.69, 9.17) is 11.6 Å². The van der Waals surface area contributed by atoms with Crippen LogP contribution in [0, 0.1) is 0 Å². The fourth-order valence-corrected chi connectivity index (χ4v) is 2.95. The van der Waals surface area contributed by atoms with Gasteiger partial charge in [0.25, 0.3) is 5.91 Å². The second-order valence-electron chi connectivity index (χ2n) is 4.70. The summed E-state index contributed by atoms with van der Waals surface area (Å²) in [5.41, 5.74) is 3.68. The third-order valence-electron chi connectivity index (χ3n) is 3.38. The van der Waals surface area contributed by atoms with Gasteiger partial charge in [0.2, 0.25) is 0 Å². The summed E-state index contributed by atoms with van der Waals surface area (Å²) < 4.78 is 1.00. The Morgan fingerprint density at radius 1 is 1.29 bits per heavy atom. The molecule has 1 aliphatic heterocycles. The fraction of sp³-hybridized carbons (Fsp3) is 0.125. The number of fused-ring (bicyclic) bond motifs is 1. The van der Waals surface area contributed by atoms with Crippen molar-refractivity contribution in [2.75, 3.05) is 5.32 Å². The molecule has 0 atom stereocenters. The van der Waals surface area contributed by atoms with Crippen molar-refractivity contribution in [3.63, 3.8) is 0 Å². The van der Waals surface area contributed by atoms with Crippen LogP contribution in [0.1, 0.15) is 18.1 Å². The van der Waals surface area contributed by atoms with Gasteiger partial charge in [-0.3, -0.25) is 4.79 Å². The summed E-state index contributed by atoms with van der Waals surface area (Å²) in [5.74, 6) is -0.219. The van der Waals surface area contributed by atoms with E-state index in [1.54, 1.807) is 6.07 Å². The van der Waals surface area contributed by atoms with Gasteiger partial charge in [0.05, 0.1) is 16.4 Å². The number of aryl methyl sites for hydroxylation is 1. The number of carbonyl (C=O) groups is 1. The number of nitrogens with one attached hydrogen (secondary N) is 1. The quantitative estimate of drug-likeness (QED) is 0.823. The van der Waals surface area contributed by atoms with Gasteiger partial charge in [0.1, 0.15) is 5.71 Å². The standard InChI is InChI=1S/C16H12BrClN2O/c1-2-9-8-10(17)6-7-13(9)19-15-11-4-3-5-12(18)14(11)20-16(15)21/h3-8H,2H2,1H3,(H,19,20,21). The molecule has 1 aliphatic rings. The molecule has 1 heterocycles. The molecule has 106 valence electrons. The van der Waals surface area contributed by atoms with Crippen molar-refractivity contribution in [1.29, 1.82) is 0 Å². The van der Waals surface area contributed by atoms with E-state index >= 15 is 0 Å². The van der Waals surface area contributed by atoms with Crippen LogP contribution >= 0.6 is 27.5 Å². The number of hydrogen-bond acceptors (Lipinski definition) is 2. The van der Waals surface area contributed by atoms with Gasteiger partial charge in [-0.25, -0.2) is 4.99 Å². The van der Waals surface area contributed by atoms with E-state index in [-0.39, 0.29) is 5.91 Å². The molecule has 0 unspecified atom stereocenters. The molecule has 0 aromatic heterocycles. The van der Waals surface area contributed by atoms with Crippen LogP contribution < -0.4 is 5.32 Å². The number of para-hydroxylation sites is 1. The van der Waals surface area contributed by atoms with E-state index < -0.39 is 0 Å². The Kier molecular flexibility index (Phi) is 3.83. The summed E-state index contributed by atoms with van der Waals surface area (Å²) in [6, 6.07) is 11.3. The van der Waals surface area contributed by atoms with E-state index in [9.17, 15) is 4.79 Å². The topological polar surface area (TPSA) is 41.5 Å². The Hall–Kier alpha value is -1.65. The molecule has 1 N–H and O–H groups in total.